The number of Topliss-reactive ketones (excluding diaryl/α,β-unsaturated/α-hetero) is 1. The maximum Gasteiger partial charge on any atom is 0.416 e. The first-order valence-electron chi connectivity index (χ1n) is 20.2. The third kappa shape index (κ3) is 15.6. The highest BCUT2D eigenvalue weighted by atomic mass is 80.0. The standard InChI is InChI=1S/C32H12BF24.C13H10Br3N2O2/c34-25(35,36)13-1-14(26(37,38)39)6-21(5-13)33(22-7-15(27(40,41)42)2-16(8-22)28(43,44)45,23-9-17(29(46,47)48)3-18(10-23)30(49,50)51)24-11-19(31(52,53)54)4-20(12-24)32(55,56)57;14-13(15,16)20-12-9-18(7-6-17-12)8-11(19)10-4-2-1-3-5-10/h1-12H;1-7,9H,8H2/q-1;+1. The van der Waals surface area contributed by atoms with Crippen LogP contribution in [0.4, 0.5) is 105 Å². The second kappa shape index (κ2) is 21.6. The van der Waals surface area contributed by atoms with Crippen molar-refractivity contribution in [3.05, 3.63) is 172 Å². The van der Waals surface area contributed by atoms with E-state index in [1.807, 2.05) is 18.2 Å². The van der Waals surface area contributed by atoms with Crippen molar-refractivity contribution in [2.75, 3.05) is 0 Å². The van der Waals surface area contributed by atoms with E-state index in [9.17, 15) is 110 Å². The van der Waals surface area contributed by atoms with Crippen LogP contribution in [0.5, 0.6) is 5.88 Å². The molecule has 1 heterocycles. The van der Waals surface area contributed by atoms with E-state index in [-0.39, 0.29) is 12.3 Å². The Morgan fingerprint density at radius 1 is 0.429 bits per heavy atom. The second-order valence-corrected chi connectivity index (χ2v) is 22.7. The highest BCUT2D eigenvalue weighted by molar-refractivity contribution is 9.39. The monoisotopic (exact) mass is 1330 g/mol. The predicted octanol–water partition coefficient (Wildman–Crippen LogP) is 14.6. The van der Waals surface area contributed by atoms with Crippen molar-refractivity contribution < 1.29 is 119 Å². The number of halogens is 27. The number of hydrogen-bond donors (Lipinski definition) is 0. The maximum absolute atomic E-state index is 14.2. The van der Waals surface area contributed by atoms with Crippen LogP contribution in [0.2, 0.25) is 0 Å². The summed E-state index contributed by atoms with van der Waals surface area (Å²) in [5.41, 5.74) is -29.5. The van der Waals surface area contributed by atoms with E-state index in [1.165, 1.54) is 0 Å². The number of ketones is 1. The Hall–Kier alpha value is -5.53. The predicted molar refractivity (Wildman–Crippen MR) is 235 cm³/mol. The summed E-state index contributed by atoms with van der Waals surface area (Å²) in [6, 6.07) is 0.338. The summed E-state index contributed by atoms with van der Waals surface area (Å²) in [5, 5.41) is 0. The van der Waals surface area contributed by atoms with Crippen LogP contribution in [-0.2, 0) is 56.0 Å². The largest absolute Gasteiger partial charge is 0.435 e. The smallest absolute Gasteiger partial charge is 0.416 e. The summed E-state index contributed by atoms with van der Waals surface area (Å²) in [6.45, 7) is 0.225. The third-order valence-corrected chi connectivity index (χ3v) is 11.3. The van der Waals surface area contributed by atoms with E-state index >= 15 is 0 Å². The Morgan fingerprint density at radius 3 is 0.922 bits per heavy atom. The van der Waals surface area contributed by atoms with E-state index in [0.717, 1.165) is 0 Å². The summed E-state index contributed by atoms with van der Waals surface area (Å²) in [7, 11) is 0. The lowest BCUT2D eigenvalue weighted by atomic mass is 9.12. The quantitative estimate of drug-likeness (QED) is 0.0501. The fourth-order valence-corrected chi connectivity index (χ4v) is 8.13. The maximum atomic E-state index is 14.2. The Kier molecular flexibility index (Phi) is 17.5. The topological polar surface area (TPSA) is 43.1 Å². The average Bonchev–Trinajstić information content (AvgIpc) is 3.27. The Labute approximate surface area is 440 Å². The fourth-order valence-electron chi connectivity index (χ4n) is 7.63. The van der Waals surface area contributed by atoms with Crippen LogP contribution in [0.25, 0.3) is 0 Å². The molecule has 5 aromatic carbocycles. The van der Waals surface area contributed by atoms with Crippen LogP contribution in [0, 0.1) is 0 Å². The van der Waals surface area contributed by atoms with E-state index in [4.69, 9.17) is 4.74 Å². The molecule has 32 heteroatoms. The number of carbonyl (C=O) groups excluding carboxylic acids is 1. The zero-order valence-electron chi connectivity index (χ0n) is 36.7. The van der Waals surface area contributed by atoms with Crippen LogP contribution >= 0.6 is 47.8 Å². The second-order valence-electron chi connectivity index (χ2n) is 16.1. The van der Waals surface area contributed by atoms with Crippen molar-refractivity contribution in [3.8, 4) is 5.88 Å². The van der Waals surface area contributed by atoms with Crippen molar-refractivity contribution in [1.29, 1.82) is 0 Å². The SMILES string of the molecule is FC(F)(F)c1cc([B-](c2cc(C(F)(F)F)cc(C(F)(F)F)c2)(c2cc(C(F)(F)F)cc(C(F)(F)F)c2)c2cc(C(F)(F)F)cc(C(F)(F)F)c2)cc(C(F)(F)F)c1.O=C(C[n+]1ccnc(OC(Br)(Br)Br)c1)c1ccccc1. The zero-order valence-corrected chi connectivity index (χ0v) is 41.5. The van der Waals surface area contributed by atoms with Gasteiger partial charge in [0.25, 0.3) is 8.21 Å². The van der Waals surface area contributed by atoms with E-state index in [0.29, 0.717) is 11.4 Å². The van der Waals surface area contributed by atoms with E-state index < -0.39 is 197 Å². The van der Waals surface area contributed by atoms with Gasteiger partial charge in [-0.15, -0.1) is 0 Å². The molecule has 0 radical (unpaired) electrons. The number of carbonyl (C=O) groups is 1. The molecule has 416 valence electrons. The highest BCUT2D eigenvalue weighted by Gasteiger charge is 2.47. The normalized spacial score (nSPS) is 13.5. The first-order valence-corrected chi connectivity index (χ1v) is 22.6. The van der Waals surface area contributed by atoms with Crippen molar-refractivity contribution >= 4 is 81.6 Å². The number of benzene rings is 5. The van der Waals surface area contributed by atoms with Crippen molar-refractivity contribution in [1.82, 2.24) is 4.98 Å². The van der Waals surface area contributed by atoms with Gasteiger partial charge in [0.2, 0.25) is 18.5 Å². The van der Waals surface area contributed by atoms with Crippen LogP contribution in [0.1, 0.15) is 54.9 Å². The Bertz CT molecular complexity index is 2670. The van der Waals surface area contributed by atoms with Gasteiger partial charge in [0.15, 0.2) is 6.20 Å². The number of aromatic nitrogens is 2. The molecule has 0 spiro atoms. The molecule has 0 fully saturated rings. The minimum atomic E-state index is -6.13. The van der Waals surface area contributed by atoms with Crippen molar-refractivity contribution in [3.63, 3.8) is 0 Å². The highest BCUT2D eigenvalue weighted by Crippen LogP contribution is 2.42. The van der Waals surface area contributed by atoms with Crippen LogP contribution in [-0.4, -0.2) is 19.2 Å². The van der Waals surface area contributed by atoms with Crippen LogP contribution in [0.15, 0.2) is 122 Å². The van der Waals surface area contributed by atoms with Gasteiger partial charge in [-0.1, -0.05) is 78.9 Å². The van der Waals surface area contributed by atoms with Gasteiger partial charge < -0.3 is 4.74 Å². The first-order chi connectivity index (χ1) is 34.7. The molecule has 77 heavy (non-hydrogen) atoms. The summed E-state index contributed by atoms with van der Waals surface area (Å²) in [5.74, 6) is 0.398. The van der Waals surface area contributed by atoms with Gasteiger partial charge in [0.1, 0.15) is 6.15 Å². The summed E-state index contributed by atoms with van der Waals surface area (Å²) in [6.07, 6.45) is -49.9. The molecule has 0 N–H and O–H groups in total. The summed E-state index contributed by atoms with van der Waals surface area (Å²) in [4.78, 5) is 16.2. The molecule has 0 atom stereocenters. The Morgan fingerprint density at radius 2 is 0.688 bits per heavy atom. The minimum Gasteiger partial charge on any atom is -0.435 e. The van der Waals surface area contributed by atoms with E-state index in [2.05, 4.69) is 52.8 Å². The van der Waals surface area contributed by atoms with Crippen LogP contribution < -0.4 is 31.2 Å². The molecule has 0 aliphatic heterocycles. The lowest BCUT2D eigenvalue weighted by Gasteiger charge is -2.46. The van der Waals surface area contributed by atoms with E-state index in [1.54, 1.807) is 35.3 Å². The zero-order chi connectivity index (χ0) is 58.5. The van der Waals surface area contributed by atoms with Gasteiger partial charge in [-0.2, -0.15) is 132 Å². The molecule has 6 aromatic rings. The molecule has 4 nitrogen and oxygen atoms in total. The van der Waals surface area contributed by atoms with Crippen molar-refractivity contribution in [2.45, 2.75) is 58.3 Å². The average molecular weight is 1330 g/mol. The van der Waals surface area contributed by atoms with Gasteiger partial charge in [-0.3, -0.25) is 4.79 Å². The molecular weight excluding hydrogens is 1310 g/mol. The molecule has 0 aliphatic carbocycles. The summed E-state index contributed by atoms with van der Waals surface area (Å²) < 4.78 is 347. The fraction of sp³-hybridized carbons (Fsp3) is 0.222. The summed E-state index contributed by atoms with van der Waals surface area (Å²) >= 11 is 9.67. The first kappa shape index (κ1) is 62.3. The van der Waals surface area contributed by atoms with Crippen LogP contribution in [0.3, 0.4) is 0 Å². The number of hydrogen-bond acceptors (Lipinski definition) is 3. The third-order valence-electron chi connectivity index (χ3n) is 10.8. The molecule has 0 saturated carbocycles. The molecule has 0 aliphatic rings. The minimum absolute atomic E-state index is 0.0236. The molecule has 0 bridgehead atoms. The number of nitrogens with zero attached hydrogens (tertiary/aromatic N) is 2. The molecule has 6 rings (SSSR count). The van der Waals surface area contributed by atoms with Gasteiger partial charge >= 0.3 is 49.4 Å². The lowest BCUT2D eigenvalue weighted by Crippen LogP contribution is -2.75. The lowest BCUT2D eigenvalue weighted by molar-refractivity contribution is -0.684. The number of rotatable bonds is 8. The molecule has 0 unspecified atom stereocenters. The van der Waals surface area contributed by atoms with Gasteiger partial charge in [0.05, 0.1) is 50.7 Å². The van der Waals surface area contributed by atoms with Gasteiger partial charge in [-0.05, 0) is 72.1 Å². The molecule has 0 amide bonds. The van der Waals surface area contributed by atoms with Crippen molar-refractivity contribution in [2.24, 2.45) is 0 Å². The Balaban J connectivity index is 0.000000455. The molecule has 0 saturated heterocycles. The number of alkyl halides is 27. The number of ether oxygens (including phenoxy) is 1. The molecule has 1 aromatic heterocycles. The molecular formula is C45H22BBr3F24N2O2. The van der Waals surface area contributed by atoms with Gasteiger partial charge in [0, 0.05) is 5.56 Å². The van der Waals surface area contributed by atoms with Gasteiger partial charge in [-0.25, -0.2) is 4.98 Å².